The first-order chi connectivity index (χ1) is 5.91. The van der Waals surface area contributed by atoms with Gasteiger partial charge in [-0.3, -0.25) is 0 Å². The number of terminal acetylenes is 1. The van der Waals surface area contributed by atoms with Crippen LogP contribution in [0, 0.1) is 18.1 Å². The third-order valence-electron chi connectivity index (χ3n) is 1.62. The molecule has 0 amide bonds. The lowest BCUT2D eigenvalue weighted by Gasteiger charge is -1.98. The number of hydrogen-bond donors (Lipinski definition) is 0. The zero-order valence-electron chi connectivity index (χ0n) is 8.01. The van der Waals surface area contributed by atoms with E-state index in [1.807, 2.05) is 11.8 Å². The molecule has 0 unspecified atom stereocenters. The van der Waals surface area contributed by atoms with Crippen molar-refractivity contribution in [1.82, 2.24) is 0 Å². The lowest BCUT2D eigenvalue weighted by Crippen LogP contribution is -1.81. The summed E-state index contributed by atoms with van der Waals surface area (Å²) >= 11 is 1.95. The molecular weight excluding hydrogens is 164 g/mol. The molecule has 0 saturated heterocycles. The molecule has 1 radical (unpaired) electrons. The highest BCUT2D eigenvalue weighted by molar-refractivity contribution is 8.01. The summed E-state index contributed by atoms with van der Waals surface area (Å²) in [7, 11) is 0. The van der Waals surface area contributed by atoms with E-state index in [0.29, 0.717) is 0 Å². The van der Waals surface area contributed by atoms with Crippen molar-refractivity contribution >= 4 is 11.8 Å². The summed E-state index contributed by atoms with van der Waals surface area (Å²) in [4.78, 5) is 0. The predicted octanol–water partition coefficient (Wildman–Crippen LogP) is 3.88. The Kier molecular flexibility index (Phi) is 10.8. The van der Waals surface area contributed by atoms with Gasteiger partial charge in [0.15, 0.2) is 0 Å². The second-order valence-corrected chi connectivity index (χ2v) is 3.89. The Hall–Kier alpha value is -0.0900. The van der Waals surface area contributed by atoms with Gasteiger partial charge in [-0.2, -0.15) is 11.8 Å². The smallest absolute Gasteiger partial charge is 0.0163 e. The third-order valence-corrected chi connectivity index (χ3v) is 2.71. The standard InChI is InChI=1S/C11H19S/c1-3-5-6-7-8-9-11-12-10-4-2/h1,10H,4-9,11H2,2H3. The topological polar surface area (TPSA) is 0 Å². The van der Waals surface area contributed by atoms with E-state index in [9.17, 15) is 0 Å². The minimum Gasteiger partial charge on any atom is -0.157 e. The minimum absolute atomic E-state index is 0.953. The zero-order chi connectivity index (χ0) is 9.07. The van der Waals surface area contributed by atoms with Crippen molar-refractivity contribution in [1.29, 1.82) is 0 Å². The van der Waals surface area contributed by atoms with E-state index in [1.54, 1.807) is 0 Å². The molecule has 0 nitrogen and oxygen atoms in total. The molecule has 0 atom stereocenters. The van der Waals surface area contributed by atoms with E-state index in [0.717, 1.165) is 6.42 Å². The molecule has 0 aromatic heterocycles. The Balaban J connectivity index is 2.78. The van der Waals surface area contributed by atoms with Crippen LogP contribution in [0.1, 0.15) is 45.4 Å². The molecule has 0 heterocycles. The zero-order valence-corrected chi connectivity index (χ0v) is 8.83. The predicted molar refractivity (Wildman–Crippen MR) is 59.0 cm³/mol. The highest BCUT2D eigenvalue weighted by atomic mass is 32.2. The molecule has 12 heavy (non-hydrogen) atoms. The Morgan fingerprint density at radius 3 is 2.67 bits per heavy atom. The minimum atomic E-state index is 0.953. The molecule has 0 N–H and O–H groups in total. The van der Waals surface area contributed by atoms with Gasteiger partial charge in [-0.15, -0.1) is 12.3 Å². The van der Waals surface area contributed by atoms with Crippen molar-refractivity contribution < 1.29 is 0 Å². The third kappa shape index (κ3) is 9.91. The van der Waals surface area contributed by atoms with Crippen molar-refractivity contribution in [2.45, 2.75) is 45.4 Å². The van der Waals surface area contributed by atoms with Crippen molar-refractivity contribution in [3.05, 3.63) is 5.75 Å². The summed E-state index contributed by atoms with van der Waals surface area (Å²) in [5.74, 6) is 6.23. The molecule has 0 saturated carbocycles. The number of unbranched alkanes of at least 4 members (excludes halogenated alkanes) is 4. The summed E-state index contributed by atoms with van der Waals surface area (Å²) < 4.78 is 0. The number of rotatable bonds is 8. The Bertz CT molecular complexity index is 113. The van der Waals surface area contributed by atoms with Crippen LogP contribution >= 0.6 is 11.8 Å². The van der Waals surface area contributed by atoms with Crippen LogP contribution in [0.15, 0.2) is 0 Å². The van der Waals surface area contributed by atoms with Crippen LogP contribution in [-0.4, -0.2) is 5.75 Å². The summed E-state index contributed by atoms with van der Waals surface area (Å²) in [6, 6.07) is 0. The fraction of sp³-hybridized carbons (Fsp3) is 0.727. The largest absolute Gasteiger partial charge is 0.157 e. The average Bonchev–Trinajstić information content (AvgIpc) is 2.10. The molecule has 0 aromatic rings. The van der Waals surface area contributed by atoms with Gasteiger partial charge in [-0.25, -0.2) is 0 Å². The molecule has 0 spiro atoms. The van der Waals surface area contributed by atoms with Crippen LogP contribution in [0.25, 0.3) is 0 Å². The fourth-order valence-corrected chi connectivity index (χ4v) is 1.74. The number of hydrogen-bond acceptors (Lipinski definition) is 1. The molecule has 69 valence electrons. The van der Waals surface area contributed by atoms with E-state index in [-0.39, 0.29) is 0 Å². The quantitative estimate of drug-likeness (QED) is 0.406. The SMILES string of the molecule is C#CCCCCCCS[CH]CC. The van der Waals surface area contributed by atoms with E-state index in [2.05, 4.69) is 18.6 Å². The molecule has 1 heteroatoms. The van der Waals surface area contributed by atoms with Gasteiger partial charge in [0.2, 0.25) is 0 Å². The monoisotopic (exact) mass is 183 g/mol. The Morgan fingerprint density at radius 2 is 2.00 bits per heavy atom. The molecule has 0 fully saturated rings. The maximum atomic E-state index is 5.15. The first kappa shape index (κ1) is 11.9. The Labute approximate surface area is 81.5 Å². The van der Waals surface area contributed by atoms with Gasteiger partial charge in [-0.05, 0) is 25.0 Å². The Morgan fingerprint density at radius 1 is 1.25 bits per heavy atom. The van der Waals surface area contributed by atoms with E-state index >= 15 is 0 Å². The van der Waals surface area contributed by atoms with Gasteiger partial charge < -0.3 is 0 Å². The van der Waals surface area contributed by atoms with Gasteiger partial charge in [0.25, 0.3) is 0 Å². The van der Waals surface area contributed by atoms with Gasteiger partial charge in [-0.1, -0.05) is 19.8 Å². The van der Waals surface area contributed by atoms with Crippen LogP contribution in [-0.2, 0) is 0 Å². The van der Waals surface area contributed by atoms with E-state index in [4.69, 9.17) is 6.42 Å². The van der Waals surface area contributed by atoms with Crippen LogP contribution in [0.5, 0.6) is 0 Å². The van der Waals surface area contributed by atoms with Crippen molar-refractivity contribution in [2.75, 3.05) is 5.75 Å². The van der Waals surface area contributed by atoms with Crippen LogP contribution < -0.4 is 0 Å². The second-order valence-electron chi connectivity index (χ2n) is 2.81. The first-order valence-corrected chi connectivity index (χ1v) is 5.83. The summed E-state index contributed by atoms with van der Waals surface area (Å²) in [6.45, 7) is 2.18. The molecule has 0 aromatic carbocycles. The van der Waals surface area contributed by atoms with E-state index < -0.39 is 0 Å². The lowest BCUT2D eigenvalue weighted by atomic mass is 10.2. The summed E-state index contributed by atoms with van der Waals surface area (Å²) in [5.41, 5.74) is 0. The lowest BCUT2D eigenvalue weighted by molar-refractivity contribution is 0.684. The maximum absolute atomic E-state index is 5.15. The molecule has 0 aliphatic carbocycles. The summed E-state index contributed by atoms with van der Waals surface area (Å²) in [5, 5.41) is 0. The van der Waals surface area contributed by atoms with Crippen LogP contribution in [0.2, 0.25) is 0 Å². The molecule has 0 aliphatic rings. The van der Waals surface area contributed by atoms with Crippen molar-refractivity contribution in [3.63, 3.8) is 0 Å². The molecule has 0 aliphatic heterocycles. The molecule has 0 bridgehead atoms. The molecular formula is C11H19S. The van der Waals surface area contributed by atoms with Crippen LogP contribution in [0.3, 0.4) is 0 Å². The average molecular weight is 183 g/mol. The van der Waals surface area contributed by atoms with E-state index in [1.165, 1.54) is 37.9 Å². The highest BCUT2D eigenvalue weighted by Gasteiger charge is 1.89. The van der Waals surface area contributed by atoms with Gasteiger partial charge in [0.1, 0.15) is 0 Å². The van der Waals surface area contributed by atoms with Crippen molar-refractivity contribution in [2.24, 2.45) is 0 Å². The first-order valence-electron chi connectivity index (χ1n) is 4.78. The van der Waals surface area contributed by atoms with Gasteiger partial charge >= 0.3 is 0 Å². The highest BCUT2D eigenvalue weighted by Crippen LogP contribution is 2.12. The summed E-state index contributed by atoms with van der Waals surface area (Å²) in [6.07, 6.45) is 12.5. The fourth-order valence-electron chi connectivity index (χ4n) is 0.967. The van der Waals surface area contributed by atoms with Gasteiger partial charge in [0.05, 0.1) is 0 Å². The molecule has 0 rings (SSSR count). The maximum Gasteiger partial charge on any atom is 0.0163 e. The normalized spacial score (nSPS) is 9.67. The van der Waals surface area contributed by atoms with Gasteiger partial charge in [0, 0.05) is 12.2 Å². The van der Waals surface area contributed by atoms with Crippen molar-refractivity contribution in [3.8, 4) is 12.3 Å². The van der Waals surface area contributed by atoms with Crippen LogP contribution in [0.4, 0.5) is 0 Å². The second kappa shape index (κ2) is 10.9. The number of thioether (sulfide) groups is 1.